The van der Waals surface area contributed by atoms with Gasteiger partial charge in [0.05, 0.1) is 28.9 Å². The molecule has 0 bridgehead atoms. The number of aromatic nitrogens is 8. The highest BCUT2D eigenvalue weighted by molar-refractivity contribution is 7.98. The number of benzene rings is 5. The van der Waals surface area contributed by atoms with Gasteiger partial charge in [0.1, 0.15) is 30.5 Å². The molecule has 1 amide bonds. The summed E-state index contributed by atoms with van der Waals surface area (Å²) in [7, 11) is 1.89. The maximum Gasteiger partial charge on any atom is 0.416 e. The van der Waals surface area contributed by atoms with Crippen LogP contribution >= 0.6 is 11.8 Å². The van der Waals surface area contributed by atoms with Crippen molar-refractivity contribution in [3.63, 3.8) is 0 Å². The number of fused-ring (bicyclic) bond motifs is 1. The normalized spacial score (nSPS) is 11.5. The second-order valence-electron chi connectivity index (χ2n) is 16.0. The number of carbonyl (C=O) groups excluding carboxylic acids is 2. The molecule has 0 unspecified atom stereocenters. The number of halogens is 3. The Balaban J connectivity index is 0.942. The summed E-state index contributed by atoms with van der Waals surface area (Å²) in [4.78, 5) is 50.2. The SMILES string of the molecule is CCCc1nc(CSc2ccc3nc(COc4ccc(CN(CC(=O)O)C(=O)c5cccc(C(F)(F)F)c5)cc4)n(C)c3c2)c(C(=O)OCC)n1Cc1ccc(-c2ccccc2-c2nn[nH]n2)cc1. The first kappa shape index (κ1) is 47.7. The molecule has 5 aromatic carbocycles. The van der Waals surface area contributed by atoms with Gasteiger partial charge in [-0.3, -0.25) is 9.59 Å². The molecular weight excluding hydrogens is 912 g/mol. The number of ether oxygens (including phenoxy) is 2. The molecule has 8 aromatic rings. The molecule has 0 atom stereocenters. The number of esters is 1. The fraction of sp³-hybridized carbons (Fsp3) is 0.240. The molecule has 0 aliphatic rings. The van der Waals surface area contributed by atoms with Crippen LogP contribution in [0.3, 0.4) is 0 Å². The van der Waals surface area contributed by atoms with E-state index in [1.807, 2.05) is 82.9 Å². The lowest BCUT2D eigenvalue weighted by Crippen LogP contribution is -2.35. The van der Waals surface area contributed by atoms with Crippen LogP contribution in [-0.4, -0.2) is 80.7 Å². The van der Waals surface area contributed by atoms with E-state index in [0.29, 0.717) is 59.1 Å². The lowest BCUT2D eigenvalue weighted by Gasteiger charge is -2.21. The Kier molecular flexibility index (Phi) is 14.5. The molecule has 2 N–H and O–H groups in total. The zero-order chi connectivity index (χ0) is 48.7. The van der Waals surface area contributed by atoms with E-state index < -0.39 is 36.1 Å². The minimum atomic E-state index is -4.66. The summed E-state index contributed by atoms with van der Waals surface area (Å²) in [6.07, 6.45) is -3.16. The number of tetrazole rings is 1. The number of imidazole rings is 2. The number of hydrogen-bond donors (Lipinski definition) is 2. The number of aryl methyl sites for hydroxylation is 2. The van der Waals surface area contributed by atoms with E-state index in [-0.39, 0.29) is 25.3 Å². The molecule has 19 heteroatoms. The maximum atomic E-state index is 13.7. The highest BCUT2D eigenvalue weighted by Gasteiger charge is 2.32. The largest absolute Gasteiger partial charge is 0.486 e. The second kappa shape index (κ2) is 21.0. The molecule has 3 aromatic heterocycles. The van der Waals surface area contributed by atoms with Gasteiger partial charge in [0.2, 0.25) is 5.82 Å². The molecule has 69 heavy (non-hydrogen) atoms. The first-order chi connectivity index (χ1) is 33.3. The van der Waals surface area contributed by atoms with E-state index >= 15 is 0 Å². The van der Waals surface area contributed by atoms with Gasteiger partial charge in [0.25, 0.3) is 5.91 Å². The van der Waals surface area contributed by atoms with E-state index in [4.69, 9.17) is 19.4 Å². The number of carboxylic acids is 1. The minimum absolute atomic E-state index is 0.114. The van der Waals surface area contributed by atoms with Gasteiger partial charge in [-0.15, -0.1) is 22.0 Å². The number of thioether (sulfide) groups is 1. The monoisotopic (exact) mass is 957 g/mol. The Morgan fingerprint density at radius 1 is 0.855 bits per heavy atom. The van der Waals surface area contributed by atoms with E-state index in [1.165, 1.54) is 6.07 Å². The van der Waals surface area contributed by atoms with Gasteiger partial charge in [-0.05, 0) is 89.3 Å². The first-order valence-electron chi connectivity index (χ1n) is 21.9. The Morgan fingerprint density at radius 2 is 1.61 bits per heavy atom. The number of hydrogen-bond acceptors (Lipinski definition) is 11. The molecule has 0 saturated carbocycles. The molecule has 354 valence electrons. The lowest BCUT2D eigenvalue weighted by atomic mass is 9.98. The quantitative estimate of drug-likeness (QED) is 0.0579. The van der Waals surface area contributed by atoms with Crippen LogP contribution in [0.4, 0.5) is 13.2 Å². The van der Waals surface area contributed by atoms with Crippen molar-refractivity contribution >= 4 is 40.6 Å². The summed E-state index contributed by atoms with van der Waals surface area (Å²) < 4.78 is 55.5. The van der Waals surface area contributed by atoms with E-state index in [0.717, 1.165) is 67.5 Å². The van der Waals surface area contributed by atoms with E-state index in [1.54, 1.807) is 43.0 Å². The molecule has 0 saturated heterocycles. The molecule has 0 spiro atoms. The fourth-order valence-electron chi connectivity index (χ4n) is 7.87. The number of carboxylic acid groups (broad SMARTS) is 1. The standard InChI is InChI=1S/C50H46F3N9O6S/c1-4-9-43-55-41(46(49(66)67-5-2)62(43)27-32-14-18-33(19-15-32)38-12-6-7-13-39(38)47-56-58-59-57-47)30-69-37-22-23-40-42(25-37)60(3)44(54-40)29-68-36-20-16-31(17-21-36)26-61(28-45(63)64)48(65)34-10-8-11-35(24-34)50(51,52)53/h6-8,10-25H,4-5,9,26-30H2,1-3H3,(H,63,64)(H,56,57,58,59). The van der Waals surface area contributed by atoms with Crippen LogP contribution in [0.2, 0.25) is 0 Å². The van der Waals surface area contributed by atoms with Crippen LogP contribution in [0.25, 0.3) is 33.5 Å². The van der Waals surface area contributed by atoms with Gasteiger partial charge in [-0.1, -0.05) is 73.7 Å². The summed E-state index contributed by atoms with van der Waals surface area (Å²) in [5.41, 5.74) is 5.74. The summed E-state index contributed by atoms with van der Waals surface area (Å²) in [5, 5.41) is 24.0. The summed E-state index contributed by atoms with van der Waals surface area (Å²) in [6, 6.07) is 32.5. The summed E-state index contributed by atoms with van der Waals surface area (Å²) in [6.45, 7) is 3.74. The number of alkyl halides is 3. The zero-order valence-electron chi connectivity index (χ0n) is 37.7. The fourth-order valence-corrected chi connectivity index (χ4v) is 8.73. The highest BCUT2D eigenvalue weighted by atomic mass is 32.2. The topological polar surface area (TPSA) is 183 Å². The molecule has 3 heterocycles. The number of amides is 1. The van der Waals surface area contributed by atoms with Crippen LogP contribution in [0.1, 0.15) is 75.1 Å². The number of H-pyrrole nitrogens is 1. The Labute approximate surface area is 398 Å². The predicted molar refractivity (Wildman–Crippen MR) is 251 cm³/mol. The molecule has 0 fully saturated rings. The Bertz CT molecular complexity index is 3100. The molecule has 0 aliphatic heterocycles. The maximum absolute atomic E-state index is 13.7. The van der Waals surface area contributed by atoms with Crippen LogP contribution in [0, 0.1) is 0 Å². The third-order valence-electron chi connectivity index (χ3n) is 11.2. The molecule has 8 rings (SSSR count). The van der Waals surface area contributed by atoms with Crippen LogP contribution < -0.4 is 4.74 Å². The van der Waals surface area contributed by atoms with Gasteiger partial charge < -0.3 is 28.6 Å². The van der Waals surface area contributed by atoms with Crippen molar-refractivity contribution in [2.45, 2.75) is 63.2 Å². The molecule has 0 aliphatic carbocycles. The number of nitrogens with zero attached hydrogens (tertiary/aromatic N) is 8. The highest BCUT2D eigenvalue weighted by Crippen LogP contribution is 2.33. The number of carbonyl (C=O) groups is 3. The predicted octanol–water partition coefficient (Wildman–Crippen LogP) is 9.41. The number of nitrogens with one attached hydrogen (secondary N) is 1. The summed E-state index contributed by atoms with van der Waals surface area (Å²) >= 11 is 1.55. The van der Waals surface area contributed by atoms with Crippen LogP contribution in [-0.2, 0) is 54.6 Å². The third kappa shape index (κ3) is 11.2. The van der Waals surface area contributed by atoms with Crippen molar-refractivity contribution in [3.8, 4) is 28.3 Å². The summed E-state index contributed by atoms with van der Waals surface area (Å²) in [5.74, 6) is 0.255. The molecule has 15 nitrogen and oxygen atoms in total. The molecule has 0 radical (unpaired) electrons. The number of aromatic amines is 1. The van der Waals surface area contributed by atoms with Crippen molar-refractivity contribution < 1.29 is 42.1 Å². The number of rotatable bonds is 19. The van der Waals surface area contributed by atoms with Crippen molar-refractivity contribution in [2.24, 2.45) is 7.05 Å². The van der Waals surface area contributed by atoms with Gasteiger partial charge in [-0.25, -0.2) is 14.8 Å². The molecular formula is C50H46F3N9O6S. The van der Waals surface area contributed by atoms with Crippen molar-refractivity contribution in [2.75, 3.05) is 13.2 Å². The van der Waals surface area contributed by atoms with Crippen molar-refractivity contribution in [1.29, 1.82) is 0 Å². The van der Waals surface area contributed by atoms with Gasteiger partial charge in [0.15, 0.2) is 5.69 Å². The number of aliphatic carboxylic acids is 1. The first-order valence-corrected chi connectivity index (χ1v) is 22.9. The third-order valence-corrected chi connectivity index (χ3v) is 12.2. The second-order valence-corrected chi connectivity index (χ2v) is 17.0. The van der Waals surface area contributed by atoms with Crippen molar-refractivity contribution in [1.82, 2.24) is 44.6 Å². The van der Waals surface area contributed by atoms with Crippen LogP contribution in [0.15, 0.2) is 120 Å². The van der Waals surface area contributed by atoms with Gasteiger partial charge in [0, 0.05) is 48.3 Å². The lowest BCUT2D eigenvalue weighted by molar-refractivity contribution is -0.138. The zero-order valence-corrected chi connectivity index (χ0v) is 38.6. The Morgan fingerprint density at radius 3 is 2.30 bits per heavy atom. The van der Waals surface area contributed by atoms with Crippen molar-refractivity contribution in [3.05, 3.63) is 161 Å². The van der Waals surface area contributed by atoms with Gasteiger partial charge >= 0.3 is 18.1 Å². The van der Waals surface area contributed by atoms with Gasteiger partial charge in [-0.2, -0.15) is 18.4 Å². The average molecular weight is 958 g/mol. The van der Waals surface area contributed by atoms with Crippen LogP contribution in [0.5, 0.6) is 5.75 Å². The average Bonchev–Trinajstić information content (AvgIpc) is 4.08. The minimum Gasteiger partial charge on any atom is -0.486 e. The smallest absolute Gasteiger partial charge is 0.416 e. The van der Waals surface area contributed by atoms with E-state index in [9.17, 15) is 32.7 Å². The Hall–Kier alpha value is -7.80. The van der Waals surface area contributed by atoms with E-state index in [2.05, 4.69) is 27.5 Å².